The Labute approximate surface area is 115 Å². The summed E-state index contributed by atoms with van der Waals surface area (Å²) in [4.78, 5) is 33.3. The second kappa shape index (κ2) is 6.07. The molecular formula is C10H11F3N2O4S. The number of aryl methyl sites for hydroxylation is 1. The molecule has 0 spiro atoms. The van der Waals surface area contributed by atoms with Crippen molar-refractivity contribution in [2.45, 2.75) is 19.6 Å². The molecule has 0 radical (unpaired) electrons. The van der Waals surface area contributed by atoms with Crippen molar-refractivity contribution in [3.8, 4) is 0 Å². The van der Waals surface area contributed by atoms with E-state index in [0.29, 0.717) is 5.69 Å². The number of amides is 1. The largest absolute Gasteiger partial charge is 0.480 e. The summed E-state index contributed by atoms with van der Waals surface area (Å²) < 4.78 is 37.9. The average molecular weight is 312 g/mol. The monoisotopic (exact) mass is 312 g/mol. The molecule has 1 N–H and O–H groups in total. The molecule has 0 saturated carbocycles. The average Bonchev–Trinajstić information content (AvgIpc) is 2.57. The van der Waals surface area contributed by atoms with Crippen LogP contribution in [0.5, 0.6) is 0 Å². The summed E-state index contributed by atoms with van der Waals surface area (Å²) in [7, 11) is 0. The summed E-state index contributed by atoms with van der Waals surface area (Å²) in [5.74, 6) is -2.63. The zero-order valence-electron chi connectivity index (χ0n) is 10.3. The molecule has 0 saturated heterocycles. The maximum Gasteiger partial charge on any atom is 0.406 e. The van der Waals surface area contributed by atoms with Crippen molar-refractivity contribution in [2.75, 3.05) is 13.1 Å². The van der Waals surface area contributed by atoms with Gasteiger partial charge in [-0.15, -0.1) is 0 Å². The SMILES string of the molecule is Cc1csc(=O)n1CC(=O)N(CC(=O)O)CC(F)(F)F. The molecule has 1 rings (SSSR count). The molecule has 0 unspecified atom stereocenters. The van der Waals surface area contributed by atoms with E-state index in [1.807, 2.05) is 0 Å². The van der Waals surface area contributed by atoms with Gasteiger partial charge in [0.2, 0.25) is 5.91 Å². The van der Waals surface area contributed by atoms with Gasteiger partial charge >= 0.3 is 17.0 Å². The zero-order valence-corrected chi connectivity index (χ0v) is 11.1. The highest BCUT2D eigenvalue weighted by molar-refractivity contribution is 7.07. The molecule has 6 nitrogen and oxygen atoms in total. The maximum atomic E-state index is 12.3. The van der Waals surface area contributed by atoms with Crippen molar-refractivity contribution in [3.63, 3.8) is 0 Å². The van der Waals surface area contributed by atoms with Crippen LogP contribution in [0.1, 0.15) is 5.69 Å². The number of nitrogens with zero attached hydrogens (tertiary/aromatic N) is 2. The van der Waals surface area contributed by atoms with Crippen LogP contribution >= 0.6 is 11.3 Å². The predicted molar refractivity (Wildman–Crippen MR) is 63.6 cm³/mol. The van der Waals surface area contributed by atoms with Crippen LogP contribution < -0.4 is 4.87 Å². The van der Waals surface area contributed by atoms with E-state index >= 15 is 0 Å². The Hall–Kier alpha value is -1.84. The number of hydrogen-bond donors (Lipinski definition) is 1. The lowest BCUT2D eigenvalue weighted by atomic mass is 10.4. The van der Waals surface area contributed by atoms with Crippen LogP contribution in [-0.4, -0.2) is 45.7 Å². The van der Waals surface area contributed by atoms with Gasteiger partial charge in [0.1, 0.15) is 19.6 Å². The van der Waals surface area contributed by atoms with Gasteiger partial charge in [0.15, 0.2) is 0 Å². The van der Waals surface area contributed by atoms with Gasteiger partial charge in [0, 0.05) is 11.1 Å². The standard InChI is InChI=1S/C10H11F3N2O4S/c1-6-4-20-9(19)15(6)2-7(16)14(3-8(17)18)5-10(11,12)13/h4H,2-3,5H2,1H3,(H,17,18). The van der Waals surface area contributed by atoms with Gasteiger partial charge in [0.25, 0.3) is 0 Å². The van der Waals surface area contributed by atoms with E-state index in [-0.39, 0.29) is 4.90 Å². The Morgan fingerprint density at radius 1 is 1.45 bits per heavy atom. The van der Waals surface area contributed by atoms with E-state index in [9.17, 15) is 27.6 Å². The van der Waals surface area contributed by atoms with Gasteiger partial charge in [-0.1, -0.05) is 11.3 Å². The van der Waals surface area contributed by atoms with Crippen LogP contribution in [-0.2, 0) is 16.1 Å². The molecule has 10 heteroatoms. The van der Waals surface area contributed by atoms with Gasteiger partial charge in [0.05, 0.1) is 0 Å². The first kappa shape index (κ1) is 16.2. The molecule has 0 fully saturated rings. The zero-order chi connectivity index (χ0) is 15.5. The number of carboxylic acid groups (broad SMARTS) is 1. The highest BCUT2D eigenvalue weighted by atomic mass is 32.1. The molecule has 1 amide bonds. The van der Waals surface area contributed by atoms with Crippen LogP contribution in [0.3, 0.4) is 0 Å². The number of aliphatic carboxylic acids is 1. The van der Waals surface area contributed by atoms with Crippen molar-refractivity contribution in [2.24, 2.45) is 0 Å². The van der Waals surface area contributed by atoms with E-state index < -0.39 is 42.6 Å². The molecule has 0 aromatic carbocycles. The van der Waals surface area contributed by atoms with Crippen LogP contribution in [0.2, 0.25) is 0 Å². The number of carbonyl (C=O) groups excluding carboxylic acids is 1. The van der Waals surface area contributed by atoms with Crippen molar-refractivity contribution < 1.29 is 27.9 Å². The fourth-order valence-corrected chi connectivity index (χ4v) is 2.18. The summed E-state index contributed by atoms with van der Waals surface area (Å²) in [6.45, 7) is -1.83. The minimum absolute atomic E-state index is 0.159. The highest BCUT2D eigenvalue weighted by Crippen LogP contribution is 2.16. The fraction of sp³-hybridized carbons (Fsp3) is 0.500. The van der Waals surface area contributed by atoms with Crippen molar-refractivity contribution >= 4 is 23.2 Å². The number of alkyl halides is 3. The number of aromatic nitrogens is 1. The lowest BCUT2D eigenvalue weighted by Gasteiger charge is -2.22. The Kier molecular flexibility index (Phi) is 4.93. The topological polar surface area (TPSA) is 79.6 Å². The summed E-state index contributed by atoms with van der Waals surface area (Å²) in [5.41, 5.74) is 0.427. The molecule has 0 aliphatic carbocycles. The summed E-state index contributed by atoms with van der Waals surface area (Å²) >= 11 is 0.810. The molecule has 20 heavy (non-hydrogen) atoms. The summed E-state index contributed by atoms with van der Waals surface area (Å²) in [6, 6.07) is 0. The number of carbonyl (C=O) groups is 2. The predicted octanol–water partition coefficient (Wildman–Crippen LogP) is 0.694. The Morgan fingerprint density at radius 2 is 2.05 bits per heavy atom. The van der Waals surface area contributed by atoms with Crippen LogP contribution in [0, 0.1) is 6.92 Å². The molecule has 1 aromatic rings. The third-order valence-corrected chi connectivity index (χ3v) is 3.20. The maximum absolute atomic E-state index is 12.3. The number of hydrogen-bond acceptors (Lipinski definition) is 4. The number of halogens is 3. The lowest BCUT2D eigenvalue weighted by molar-refractivity contribution is -0.166. The van der Waals surface area contributed by atoms with Crippen molar-refractivity contribution in [3.05, 3.63) is 20.7 Å². The first-order valence-corrected chi connectivity index (χ1v) is 6.19. The number of rotatable bonds is 5. The first-order valence-electron chi connectivity index (χ1n) is 5.31. The fourth-order valence-electron chi connectivity index (χ4n) is 1.44. The van der Waals surface area contributed by atoms with Gasteiger partial charge in [-0.2, -0.15) is 13.2 Å². The van der Waals surface area contributed by atoms with Gasteiger partial charge in [-0.25, -0.2) is 0 Å². The molecule has 0 aliphatic rings. The Bertz CT molecular complexity index is 564. The van der Waals surface area contributed by atoms with Gasteiger partial charge in [-0.3, -0.25) is 19.0 Å². The molecule has 1 aromatic heterocycles. The molecule has 0 aliphatic heterocycles. The first-order chi connectivity index (χ1) is 9.10. The smallest absolute Gasteiger partial charge is 0.406 e. The van der Waals surface area contributed by atoms with E-state index in [0.717, 1.165) is 15.9 Å². The van der Waals surface area contributed by atoms with Crippen molar-refractivity contribution in [1.82, 2.24) is 9.47 Å². The summed E-state index contributed by atoms with van der Waals surface area (Å²) in [6.07, 6.45) is -4.71. The molecule has 0 atom stereocenters. The second-order valence-electron chi connectivity index (χ2n) is 3.99. The minimum Gasteiger partial charge on any atom is -0.480 e. The molecule has 1 heterocycles. The molecule has 0 bridgehead atoms. The van der Waals surface area contributed by atoms with E-state index in [1.165, 1.54) is 12.3 Å². The Morgan fingerprint density at radius 3 is 2.45 bits per heavy atom. The van der Waals surface area contributed by atoms with Crippen LogP contribution in [0.4, 0.5) is 13.2 Å². The minimum atomic E-state index is -4.71. The highest BCUT2D eigenvalue weighted by Gasteiger charge is 2.34. The van der Waals surface area contributed by atoms with E-state index in [1.54, 1.807) is 0 Å². The second-order valence-corrected chi connectivity index (χ2v) is 4.81. The third-order valence-electron chi connectivity index (χ3n) is 2.32. The van der Waals surface area contributed by atoms with Crippen LogP contribution in [0.15, 0.2) is 10.2 Å². The Balaban J connectivity index is 2.88. The van der Waals surface area contributed by atoms with Gasteiger partial charge in [-0.05, 0) is 6.92 Å². The van der Waals surface area contributed by atoms with E-state index in [4.69, 9.17) is 5.11 Å². The van der Waals surface area contributed by atoms with Crippen molar-refractivity contribution in [1.29, 1.82) is 0 Å². The number of carboxylic acids is 1. The quantitative estimate of drug-likeness (QED) is 0.868. The molecule has 112 valence electrons. The normalized spacial score (nSPS) is 11.4. The molecular weight excluding hydrogens is 301 g/mol. The third kappa shape index (κ3) is 4.68. The number of thiazole rings is 1. The lowest BCUT2D eigenvalue weighted by Crippen LogP contribution is -2.44. The van der Waals surface area contributed by atoms with Crippen LogP contribution in [0.25, 0.3) is 0 Å². The van der Waals surface area contributed by atoms with E-state index in [2.05, 4.69) is 0 Å². The summed E-state index contributed by atoms with van der Waals surface area (Å²) in [5, 5.41) is 10.00. The van der Waals surface area contributed by atoms with Gasteiger partial charge < -0.3 is 10.0 Å².